The molecule has 1 aliphatic rings. The molecule has 2 aromatic carbocycles. The maximum atomic E-state index is 11.9. The lowest BCUT2D eigenvalue weighted by molar-refractivity contribution is -0.115. The third-order valence-corrected chi connectivity index (χ3v) is 3.86. The van der Waals surface area contributed by atoms with Crippen LogP contribution in [-0.2, 0) is 4.79 Å². The van der Waals surface area contributed by atoms with Gasteiger partial charge in [-0.3, -0.25) is 4.79 Å². The highest BCUT2D eigenvalue weighted by Crippen LogP contribution is 2.38. The number of benzene rings is 2. The molecule has 0 aromatic heterocycles. The van der Waals surface area contributed by atoms with Gasteiger partial charge < -0.3 is 16.0 Å². The average molecular weight is 302 g/mol. The molecule has 5 heteroatoms. The predicted octanol–water partition coefficient (Wildman–Crippen LogP) is 3.45. The number of halogens is 1. The van der Waals surface area contributed by atoms with Gasteiger partial charge in [-0.1, -0.05) is 29.8 Å². The second-order valence-electron chi connectivity index (χ2n) is 5.15. The Balaban J connectivity index is 2.07. The van der Waals surface area contributed by atoms with E-state index in [9.17, 15) is 4.79 Å². The number of hydrogen-bond acceptors (Lipinski definition) is 3. The molecule has 2 aromatic rings. The molecule has 3 N–H and O–H groups in total. The maximum absolute atomic E-state index is 11.9. The van der Waals surface area contributed by atoms with Crippen LogP contribution in [-0.4, -0.2) is 12.5 Å². The number of hydrogen-bond donors (Lipinski definition) is 2. The minimum absolute atomic E-state index is 0.0546. The summed E-state index contributed by atoms with van der Waals surface area (Å²) in [5, 5.41) is 3.46. The molecule has 0 saturated carbocycles. The van der Waals surface area contributed by atoms with Crippen molar-refractivity contribution >= 4 is 34.6 Å². The van der Waals surface area contributed by atoms with E-state index >= 15 is 0 Å². The Bertz CT molecular complexity index is 700. The Morgan fingerprint density at radius 2 is 2.00 bits per heavy atom. The topological polar surface area (TPSA) is 58.4 Å². The summed E-state index contributed by atoms with van der Waals surface area (Å²) < 4.78 is 0. The van der Waals surface area contributed by atoms with Crippen molar-refractivity contribution in [2.24, 2.45) is 5.73 Å². The molecular weight excluding hydrogens is 286 g/mol. The van der Waals surface area contributed by atoms with E-state index in [1.807, 2.05) is 54.3 Å². The molecule has 0 bridgehead atoms. The monoisotopic (exact) mass is 301 g/mol. The van der Waals surface area contributed by atoms with Gasteiger partial charge in [0.1, 0.15) is 6.54 Å². The van der Waals surface area contributed by atoms with Crippen LogP contribution < -0.4 is 16.0 Å². The zero-order chi connectivity index (χ0) is 15.0. The SMILES string of the molecule is C[C@@H](N)c1ccc(N2CC(=O)Nc3ccccc32)c(Cl)c1. The summed E-state index contributed by atoms with van der Waals surface area (Å²) in [5.41, 5.74) is 9.38. The van der Waals surface area contributed by atoms with Crippen molar-refractivity contribution < 1.29 is 4.79 Å². The van der Waals surface area contributed by atoms with Gasteiger partial charge in [-0.2, -0.15) is 0 Å². The fourth-order valence-corrected chi connectivity index (χ4v) is 2.76. The van der Waals surface area contributed by atoms with E-state index in [4.69, 9.17) is 17.3 Å². The van der Waals surface area contributed by atoms with Crippen LogP contribution in [0.3, 0.4) is 0 Å². The van der Waals surface area contributed by atoms with Crippen LogP contribution in [0.1, 0.15) is 18.5 Å². The molecule has 0 fully saturated rings. The van der Waals surface area contributed by atoms with Gasteiger partial charge in [0.15, 0.2) is 0 Å². The van der Waals surface area contributed by atoms with Crippen molar-refractivity contribution in [3.8, 4) is 0 Å². The number of nitrogens with two attached hydrogens (primary N) is 1. The summed E-state index contributed by atoms with van der Waals surface area (Å²) in [7, 11) is 0. The van der Waals surface area contributed by atoms with Gasteiger partial charge in [0.2, 0.25) is 5.91 Å². The highest BCUT2D eigenvalue weighted by atomic mass is 35.5. The van der Waals surface area contributed by atoms with E-state index in [-0.39, 0.29) is 18.5 Å². The van der Waals surface area contributed by atoms with Crippen LogP contribution in [0.4, 0.5) is 17.1 Å². The van der Waals surface area contributed by atoms with Gasteiger partial charge in [0, 0.05) is 6.04 Å². The number of rotatable bonds is 2. The second kappa shape index (κ2) is 5.39. The van der Waals surface area contributed by atoms with Crippen molar-refractivity contribution in [3.63, 3.8) is 0 Å². The predicted molar refractivity (Wildman–Crippen MR) is 86.1 cm³/mol. The molecule has 1 heterocycles. The molecule has 1 atom stereocenters. The molecule has 0 spiro atoms. The lowest BCUT2D eigenvalue weighted by Gasteiger charge is -2.31. The molecular formula is C16H16ClN3O. The first-order valence-corrected chi connectivity index (χ1v) is 7.15. The Hall–Kier alpha value is -2.04. The smallest absolute Gasteiger partial charge is 0.244 e. The van der Waals surface area contributed by atoms with Crippen LogP contribution in [0, 0.1) is 0 Å². The molecule has 0 saturated heterocycles. The summed E-state index contributed by atoms with van der Waals surface area (Å²) in [4.78, 5) is 13.8. The normalized spacial score (nSPS) is 15.4. The number of nitrogens with one attached hydrogen (secondary N) is 1. The lowest BCUT2D eigenvalue weighted by atomic mass is 10.1. The minimum atomic E-state index is -0.0755. The van der Waals surface area contributed by atoms with E-state index < -0.39 is 0 Å². The Morgan fingerprint density at radius 1 is 1.24 bits per heavy atom. The van der Waals surface area contributed by atoms with Crippen LogP contribution >= 0.6 is 11.6 Å². The maximum Gasteiger partial charge on any atom is 0.244 e. The standard InChI is InChI=1S/C16H16ClN3O/c1-10(18)11-6-7-14(12(17)8-11)20-9-16(21)19-13-4-2-3-5-15(13)20/h2-8,10H,9,18H2,1H3,(H,19,21)/t10-/m1/s1. The van der Waals surface area contributed by atoms with E-state index in [0.29, 0.717) is 5.02 Å². The Labute approximate surface area is 128 Å². The number of para-hydroxylation sites is 2. The third kappa shape index (κ3) is 2.60. The highest BCUT2D eigenvalue weighted by molar-refractivity contribution is 6.33. The second-order valence-corrected chi connectivity index (χ2v) is 5.56. The molecule has 0 aliphatic carbocycles. The minimum Gasteiger partial charge on any atom is -0.329 e. The Morgan fingerprint density at radius 3 is 2.71 bits per heavy atom. The first kappa shape index (κ1) is 13.9. The van der Waals surface area contributed by atoms with Crippen molar-refractivity contribution in [2.75, 3.05) is 16.8 Å². The quantitative estimate of drug-likeness (QED) is 0.893. The number of carbonyl (C=O) groups excluding carboxylic acids is 1. The zero-order valence-corrected chi connectivity index (χ0v) is 12.4. The van der Waals surface area contributed by atoms with E-state index in [1.54, 1.807) is 0 Å². The van der Waals surface area contributed by atoms with Crippen molar-refractivity contribution in [1.29, 1.82) is 0 Å². The van der Waals surface area contributed by atoms with E-state index in [0.717, 1.165) is 22.6 Å². The lowest BCUT2D eigenvalue weighted by Crippen LogP contribution is -2.35. The molecule has 0 radical (unpaired) electrons. The molecule has 1 aliphatic heterocycles. The van der Waals surface area contributed by atoms with Gasteiger partial charge in [-0.25, -0.2) is 0 Å². The van der Waals surface area contributed by atoms with Crippen LogP contribution in [0.25, 0.3) is 0 Å². The van der Waals surface area contributed by atoms with E-state index in [2.05, 4.69) is 5.32 Å². The number of nitrogens with zero attached hydrogens (tertiary/aromatic N) is 1. The number of fused-ring (bicyclic) bond motifs is 1. The fraction of sp³-hybridized carbons (Fsp3) is 0.188. The first-order valence-electron chi connectivity index (χ1n) is 6.77. The van der Waals surface area contributed by atoms with Crippen molar-refractivity contribution in [3.05, 3.63) is 53.1 Å². The van der Waals surface area contributed by atoms with Gasteiger partial charge in [-0.05, 0) is 36.8 Å². The van der Waals surface area contributed by atoms with Gasteiger partial charge in [0.25, 0.3) is 0 Å². The molecule has 0 unspecified atom stereocenters. The van der Waals surface area contributed by atoms with Crippen LogP contribution in [0.15, 0.2) is 42.5 Å². The summed E-state index contributed by atoms with van der Waals surface area (Å²) >= 11 is 6.39. The van der Waals surface area contributed by atoms with Gasteiger partial charge in [0.05, 0.1) is 22.1 Å². The average Bonchev–Trinajstić information content (AvgIpc) is 2.46. The highest BCUT2D eigenvalue weighted by Gasteiger charge is 2.24. The number of anilines is 3. The third-order valence-electron chi connectivity index (χ3n) is 3.56. The molecule has 3 rings (SSSR count). The van der Waals surface area contributed by atoms with Gasteiger partial charge >= 0.3 is 0 Å². The zero-order valence-electron chi connectivity index (χ0n) is 11.6. The van der Waals surface area contributed by atoms with Crippen molar-refractivity contribution in [1.82, 2.24) is 0 Å². The summed E-state index contributed by atoms with van der Waals surface area (Å²) in [5.74, 6) is -0.0546. The molecule has 21 heavy (non-hydrogen) atoms. The Kier molecular flexibility index (Phi) is 3.57. The summed E-state index contributed by atoms with van der Waals surface area (Å²) in [6.45, 7) is 2.16. The molecule has 108 valence electrons. The summed E-state index contributed by atoms with van der Waals surface area (Å²) in [6.07, 6.45) is 0. The first-order chi connectivity index (χ1) is 10.1. The molecule has 1 amide bonds. The number of carbonyl (C=O) groups is 1. The van der Waals surface area contributed by atoms with E-state index in [1.165, 1.54) is 0 Å². The largest absolute Gasteiger partial charge is 0.329 e. The fourth-order valence-electron chi connectivity index (χ4n) is 2.47. The van der Waals surface area contributed by atoms with Crippen molar-refractivity contribution in [2.45, 2.75) is 13.0 Å². The molecule has 4 nitrogen and oxygen atoms in total. The number of amides is 1. The summed E-state index contributed by atoms with van der Waals surface area (Å²) in [6, 6.07) is 13.3. The van der Waals surface area contributed by atoms with Crippen LogP contribution in [0.5, 0.6) is 0 Å². The van der Waals surface area contributed by atoms with Crippen LogP contribution in [0.2, 0.25) is 5.02 Å². The van der Waals surface area contributed by atoms with Gasteiger partial charge in [-0.15, -0.1) is 0 Å².